The zero-order valence-electron chi connectivity index (χ0n) is 14.5. The van der Waals surface area contributed by atoms with E-state index < -0.39 is 0 Å². The van der Waals surface area contributed by atoms with Gasteiger partial charge in [-0.15, -0.1) is 6.42 Å². The molecule has 4 heteroatoms. The van der Waals surface area contributed by atoms with Crippen LogP contribution >= 0.6 is 0 Å². The molecule has 126 valence electrons. The molecule has 0 fully saturated rings. The summed E-state index contributed by atoms with van der Waals surface area (Å²) in [5.74, 6) is 2.10. The van der Waals surface area contributed by atoms with E-state index in [0.717, 1.165) is 26.1 Å². The molecule has 0 amide bonds. The van der Waals surface area contributed by atoms with Gasteiger partial charge in [0.1, 0.15) is 0 Å². The van der Waals surface area contributed by atoms with Gasteiger partial charge in [0.15, 0.2) is 6.61 Å². The summed E-state index contributed by atoms with van der Waals surface area (Å²) < 4.78 is 7.30. The van der Waals surface area contributed by atoms with Crippen molar-refractivity contribution in [2.45, 2.75) is 39.8 Å². The second-order valence-electron chi connectivity index (χ2n) is 6.33. The van der Waals surface area contributed by atoms with Gasteiger partial charge in [0, 0.05) is 42.7 Å². The molecular formula is C20H24N2O2. The van der Waals surface area contributed by atoms with Crippen LogP contribution in [0.25, 0.3) is 10.9 Å². The first-order valence-corrected chi connectivity index (χ1v) is 8.56. The van der Waals surface area contributed by atoms with Gasteiger partial charge in [-0.3, -0.25) is 9.69 Å². The number of aryl methyl sites for hydroxylation is 2. The lowest BCUT2D eigenvalue weighted by atomic mass is 10.0. The third-order valence-corrected chi connectivity index (χ3v) is 4.79. The van der Waals surface area contributed by atoms with E-state index >= 15 is 0 Å². The number of aromatic nitrogens is 1. The van der Waals surface area contributed by atoms with Gasteiger partial charge in [0.2, 0.25) is 0 Å². The van der Waals surface area contributed by atoms with Crippen LogP contribution in [0.5, 0.6) is 0 Å². The van der Waals surface area contributed by atoms with E-state index in [1.807, 2.05) is 0 Å². The molecule has 24 heavy (non-hydrogen) atoms. The summed E-state index contributed by atoms with van der Waals surface area (Å²) in [7, 11) is 0. The number of benzene rings is 1. The molecule has 4 nitrogen and oxygen atoms in total. The van der Waals surface area contributed by atoms with Crippen LogP contribution in [0.15, 0.2) is 18.2 Å². The highest BCUT2D eigenvalue weighted by atomic mass is 16.5. The van der Waals surface area contributed by atoms with E-state index in [1.54, 1.807) is 0 Å². The molecule has 0 saturated carbocycles. The van der Waals surface area contributed by atoms with Gasteiger partial charge in [-0.25, -0.2) is 0 Å². The number of rotatable bonds is 5. The summed E-state index contributed by atoms with van der Waals surface area (Å²) in [6.07, 6.45) is 6.51. The molecule has 1 aliphatic heterocycles. The van der Waals surface area contributed by atoms with Crippen molar-refractivity contribution >= 4 is 16.9 Å². The molecule has 0 saturated heterocycles. The van der Waals surface area contributed by atoms with Crippen LogP contribution in [-0.2, 0) is 29.0 Å². The van der Waals surface area contributed by atoms with Crippen molar-refractivity contribution in [3.8, 4) is 12.3 Å². The number of likely N-dealkylation sites (N-methyl/N-ethyl adjacent to an activating group) is 1. The van der Waals surface area contributed by atoms with Crippen molar-refractivity contribution in [2.24, 2.45) is 0 Å². The first kappa shape index (κ1) is 16.6. The van der Waals surface area contributed by atoms with Crippen molar-refractivity contribution in [1.29, 1.82) is 0 Å². The summed E-state index contributed by atoms with van der Waals surface area (Å²) in [6.45, 7) is 8.15. The summed E-state index contributed by atoms with van der Waals surface area (Å²) in [5, 5.41) is 1.32. The van der Waals surface area contributed by atoms with E-state index in [1.165, 1.54) is 27.7 Å². The second-order valence-corrected chi connectivity index (χ2v) is 6.33. The number of esters is 1. The van der Waals surface area contributed by atoms with Crippen molar-refractivity contribution in [1.82, 2.24) is 9.47 Å². The Morgan fingerprint density at radius 1 is 1.42 bits per heavy atom. The first-order chi connectivity index (χ1) is 11.6. The van der Waals surface area contributed by atoms with E-state index in [2.05, 4.69) is 47.4 Å². The molecule has 0 aliphatic carbocycles. The van der Waals surface area contributed by atoms with Crippen LogP contribution < -0.4 is 0 Å². The van der Waals surface area contributed by atoms with Gasteiger partial charge in [-0.1, -0.05) is 24.5 Å². The predicted molar refractivity (Wildman–Crippen MR) is 95.7 cm³/mol. The van der Waals surface area contributed by atoms with Crippen molar-refractivity contribution in [3.05, 3.63) is 35.0 Å². The Labute approximate surface area is 143 Å². The molecule has 1 aromatic heterocycles. The van der Waals surface area contributed by atoms with Gasteiger partial charge < -0.3 is 9.30 Å². The molecule has 0 bridgehead atoms. The highest BCUT2D eigenvalue weighted by Gasteiger charge is 2.23. The maximum Gasteiger partial charge on any atom is 0.308 e. The Bertz CT molecular complexity index is 798. The minimum absolute atomic E-state index is 0.0496. The van der Waals surface area contributed by atoms with Crippen LogP contribution in [0.1, 0.15) is 30.2 Å². The lowest BCUT2D eigenvalue weighted by Gasteiger charge is -2.26. The van der Waals surface area contributed by atoms with Crippen LogP contribution in [0.3, 0.4) is 0 Å². The van der Waals surface area contributed by atoms with Crippen molar-refractivity contribution in [3.63, 3.8) is 0 Å². The average Bonchev–Trinajstić information content (AvgIpc) is 2.90. The lowest BCUT2D eigenvalue weighted by molar-refractivity contribution is -0.142. The minimum atomic E-state index is -0.235. The van der Waals surface area contributed by atoms with E-state index in [-0.39, 0.29) is 12.6 Å². The molecule has 0 N–H and O–H groups in total. The fraction of sp³-hybridized carbons (Fsp3) is 0.450. The second kappa shape index (κ2) is 7.11. The van der Waals surface area contributed by atoms with Crippen LogP contribution in [0, 0.1) is 19.3 Å². The van der Waals surface area contributed by atoms with E-state index in [9.17, 15) is 4.79 Å². The number of carbonyl (C=O) groups excluding carboxylic acids is 1. The Balaban J connectivity index is 1.93. The minimum Gasteiger partial charge on any atom is -0.452 e. The number of ether oxygens (including phenoxy) is 1. The van der Waals surface area contributed by atoms with Crippen LogP contribution in [0.4, 0.5) is 0 Å². The SMILES string of the molecule is C#CCOC(=O)CCn1c2c(c3cc(C)ccc31)CN(CC)CC2. The topological polar surface area (TPSA) is 34.5 Å². The van der Waals surface area contributed by atoms with Gasteiger partial charge in [0.05, 0.1) is 6.42 Å². The molecule has 2 heterocycles. The first-order valence-electron chi connectivity index (χ1n) is 8.56. The van der Waals surface area contributed by atoms with Gasteiger partial charge in [-0.2, -0.15) is 0 Å². The van der Waals surface area contributed by atoms with E-state index in [4.69, 9.17) is 11.2 Å². The lowest BCUT2D eigenvalue weighted by Crippen LogP contribution is -2.30. The Kier molecular flexibility index (Phi) is 4.92. The average molecular weight is 324 g/mol. The predicted octanol–water partition coefficient (Wildman–Crippen LogP) is 2.89. The molecule has 0 radical (unpaired) electrons. The monoisotopic (exact) mass is 324 g/mol. The number of fused-ring (bicyclic) bond motifs is 3. The molecule has 3 rings (SSSR count). The highest BCUT2D eigenvalue weighted by molar-refractivity contribution is 5.86. The summed E-state index contributed by atoms with van der Waals surface area (Å²) >= 11 is 0. The van der Waals surface area contributed by atoms with Crippen LogP contribution in [0.2, 0.25) is 0 Å². The molecule has 2 aromatic rings. The van der Waals surface area contributed by atoms with Crippen molar-refractivity contribution < 1.29 is 9.53 Å². The Hall–Kier alpha value is -2.25. The van der Waals surface area contributed by atoms with Gasteiger partial charge in [0.25, 0.3) is 0 Å². The number of hydrogen-bond donors (Lipinski definition) is 0. The molecule has 1 aliphatic rings. The maximum atomic E-state index is 11.8. The van der Waals surface area contributed by atoms with Gasteiger partial charge >= 0.3 is 5.97 Å². The van der Waals surface area contributed by atoms with Gasteiger partial charge in [-0.05, 0) is 31.2 Å². The fourth-order valence-electron chi connectivity index (χ4n) is 3.54. The zero-order chi connectivity index (χ0) is 17.1. The van der Waals surface area contributed by atoms with Crippen LogP contribution in [-0.4, -0.2) is 35.1 Å². The molecular weight excluding hydrogens is 300 g/mol. The van der Waals surface area contributed by atoms with E-state index in [0.29, 0.717) is 13.0 Å². The highest BCUT2D eigenvalue weighted by Crippen LogP contribution is 2.31. The summed E-state index contributed by atoms with van der Waals surface area (Å²) in [5.41, 5.74) is 5.27. The Morgan fingerprint density at radius 3 is 3.00 bits per heavy atom. The number of terminal acetylenes is 1. The number of carbonyl (C=O) groups is 1. The molecule has 0 atom stereocenters. The van der Waals surface area contributed by atoms with Crippen molar-refractivity contribution in [2.75, 3.05) is 19.7 Å². The number of hydrogen-bond acceptors (Lipinski definition) is 3. The number of nitrogens with zero attached hydrogens (tertiary/aromatic N) is 2. The Morgan fingerprint density at radius 2 is 2.25 bits per heavy atom. The molecule has 0 unspecified atom stereocenters. The summed E-state index contributed by atoms with van der Waals surface area (Å²) in [4.78, 5) is 14.3. The third kappa shape index (κ3) is 3.18. The standard InChI is InChI=1S/C20H24N2O2/c1-4-12-24-20(23)9-11-22-18-7-6-15(3)13-16(18)17-14-21(5-2)10-8-19(17)22/h1,6-7,13H,5,8-12,14H2,2-3H3. The largest absolute Gasteiger partial charge is 0.452 e. The fourth-order valence-corrected chi connectivity index (χ4v) is 3.54. The normalized spacial score (nSPS) is 14.4. The molecule has 1 aromatic carbocycles. The maximum absolute atomic E-state index is 11.8. The third-order valence-electron chi connectivity index (χ3n) is 4.79. The smallest absolute Gasteiger partial charge is 0.308 e. The quantitative estimate of drug-likeness (QED) is 0.626. The molecule has 0 spiro atoms. The zero-order valence-corrected chi connectivity index (χ0v) is 14.5. The summed E-state index contributed by atoms with van der Waals surface area (Å²) in [6, 6.07) is 6.57.